The predicted octanol–water partition coefficient (Wildman–Crippen LogP) is 2.24. The van der Waals surface area contributed by atoms with Crippen molar-refractivity contribution in [1.82, 2.24) is 15.0 Å². The summed E-state index contributed by atoms with van der Waals surface area (Å²) < 4.78 is 11.0. The number of aromatic nitrogens is 3. The van der Waals surface area contributed by atoms with Crippen molar-refractivity contribution in [3.05, 3.63) is 36.4 Å². The molecule has 23 heavy (non-hydrogen) atoms. The van der Waals surface area contributed by atoms with Gasteiger partial charge in [-0.05, 0) is 30.5 Å². The summed E-state index contributed by atoms with van der Waals surface area (Å²) in [5.41, 5.74) is 3.37. The van der Waals surface area contributed by atoms with Crippen molar-refractivity contribution in [2.45, 2.75) is 24.9 Å². The SMILES string of the molecule is c1cc(-c2cnc(NCC3COCCO3)nc2C2CC2)ccn1. The maximum atomic E-state index is 5.63. The summed E-state index contributed by atoms with van der Waals surface area (Å²) in [5.74, 6) is 1.22. The van der Waals surface area contributed by atoms with E-state index in [1.807, 2.05) is 18.3 Å². The molecule has 120 valence electrons. The zero-order chi connectivity index (χ0) is 15.5. The van der Waals surface area contributed by atoms with Crippen LogP contribution in [0.4, 0.5) is 5.95 Å². The predicted molar refractivity (Wildman–Crippen MR) is 86.3 cm³/mol. The van der Waals surface area contributed by atoms with Crippen LogP contribution in [0.1, 0.15) is 24.5 Å². The van der Waals surface area contributed by atoms with Gasteiger partial charge in [-0.2, -0.15) is 0 Å². The van der Waals surface area contributed by atoms with Crippen molar-refractivity contribution in [1.29, 1.82) is 0 Å². The van der Waals surface area contributed by atoms with Crippen LogP contribution in [0.25, 0.3) is 11.1 Å². The molecular weight excluding hydrogens is 292 g/mol. The Morgan fingerprint density at radius 3 is 2.78 bits per heavy atom. The van der Waals surface area contributed by atoms with E-state index in [1.165, 1.54) is 12.8 Å². The van der Waals surface area contributed by atoms with E-state index in [0.29, 0.717) is 38.2 Å². The standard InChI is InChI=1S/C17H20N4O2/c1-2-13(1)16-15(12-3-5-18-6-4-12)10-20-17(21-16)19-9-14-11-22-7-8-23-14/h3-6,10,13-14H,1-2,7-9,11H2,(H,19,20,21). The molecular formula is C17H20N4O2. The van der Waals surface area contributed by atoms with Gasteiger partial charge in [0.05, 0.1) is 31.6 Å². The average molecular weight is 312 g/mol. The van der Waals surface area contributed by atoms with Crippen LogP contribution in [-0.2, 0) is 9.47 Å². The van der Waals surface area contributed by atoms with Crippen LogP contribution < -0.4 is 5.32 Å². The van der Waals surface area contributed by atoms with Gasteiger partial charge < -0.3 is 14.8 Å². The third kappa shape index (κ3) is 3.48. The molecule has 1 aliphatic heterocycles. The molecule has 0 amide bonds. The Labute approximate surface area is 135 Å². The van der Waals surface area contributed by atoms with Crippen LogP contribution in [0.2, 0.25) is 0 Å². The number of nitrogens with one attached hydrogen (secondary N) is 1. The van der Waals surface area contributed by atoms with Gasteiger partial charge in [0.25, 0.3) is 0 Å². The molecule has 0 bridgehead atoms. The lowest BCUT2D eigenvalue weighted by Gasteiger charge is -2.23. The molecule has 3 heterocycles. The molecule has 1 N–H and O–H groups in total. The minimum atomic E-state index is 0.0663. The highest BCUT2D eigenvalue weighted by atomic mass is 16.6. The fraction of sp³-hybridized carbons (Fsp3) is 0.471. The lowest BCUT2D eigenvalue weighted by Crippen LogP contribution is -2.34. The van der Waals surface area contributed by atoms with Gasteiger partial charge in [0.1, 0.15) is 0 Å². The van der Waals surface area contributed by atoms with Gasteiger partial charge in [-0.15, -0.1) is 0 Å². The number of anilines is 1. The number of ether oxygens (including phenoxy) is 2. The van der Waals surface area contributed by atoms with E-state index in [4.69, 9.17) is 14.5 Å². The van der Waals surface area contributed by atoms with Crippen LogP contribution in [0.3, 0.4) is 0 Å². The smallest absolute Gasteiger partial charge is 0.222 e. The number of pyridine rings is 1. The van der Waals surface area contributed by atoms with Crippen molar-refractivity contribution >= 4 is 5.95 Å². The Kier molecular flexibility index (Phi) is 4.17. The molecule has 4 rings (SSSR count). The fourth-order valence-electron chi connectivity index (χ4n) is 2.76. The number of nitrogens with zero attached hydrogens (tertiary/aromatic N) is 3. The van der Waals surface area contributed by atoms with Gasteiger partial charge in [-0.1, -0.05) is 0 Å². The molecule has 1 aliphatic carbocycles. The molecule has 6 nitrogen and oxygen atoms in total. The molecule has 0 aromatic carbocycles. The summed E-state index contributed by atoms with van der Waals surface area (Å²) in [6.45, 7) is 2.62. The van der Waals surface area contributed by atoms with Crippen molar-refractivity contribution in [2.24, 2.45) is 0 Å². The second kappa shape index (κ2) is 6.60. The van der Waals surface area contributed by atoms with E-state index in [2.05, 4.69) is 15.3 Å². The summed E-state index contributed by atoms with van der Waals surface area (Å²) in [7, 11) is 0. The number of hydrogen-bond acceptors (Lipinski definition) is 6. The van der Waals surface area contributed by atoms with E-state index >= 15 is 0 Å². The summed E-state index contributed by atoms with van der Waals surface area (Å²) in [6, 6.07) is 4.01. The van der Waals surface area contributed by atoms with E-state index in [1.54, 1.807) is 12.4 Å². The van der Waals surface area contributed by atoms with Crippen molar-refractivity contribution < 1.29 is 9.47 Å². The number of rotatable bonds is 5. The lowest BCUT2D eigenvalue weighted by molar-refractivity contribution is -0.0819. The summed E-state index contributed by atoms with van der Waals surface area (Å²) >= 11 is 0. The molecule has 1 unspecified atom stereocenters. The summed E-state index contributed by atoms with van der Waals surface area (Å²) in [4.78, 5) is 13.3. The molecule has 6 heteroatoms. The van der Waals surface area contributed by atoms with Crippen LogP contribution in [-0.4, -0.2) is 47.4 Å². The first-order valence-electron chi connectivity index (χ1n) is 8.11. The van der Waals surface area contributed by atoms with Crippen LogP contribution in [0, 0.1) is 0 Å². The van der Waals surface area contributed by atoms with Crippen molar-refractivity contribution in [3.63, 3.8) is 0 Å². The van der Waals surface area contributed by atoms with Crippen LogP contribution in [0.5, 0.6) is 0 Å². The van der Waals surface area contributed by atoms with E-state index < -0.39 is 0 Å². The van der Waals surface area contributed by atoms with Gasteiger partial charge in [0.15, 0.2) is 0 Å². The zero-order valence-electron chi connectivity index (χ0n) is 12.9. The highest BCUT2D eigenvalue weighted by molar-refractivity contribution is 5.66. The Morgan fingerprint density at radius 1 is 1.17 bits per heavy atom. The molecule has 0 radical (unpaired) electrons. The van der Waals surface area contributed by atoms with E-state index in [9.17, 15) is 0 Å². The molecule has 2 aromatic rings. The molecule has 1 atom stereocenters. The second-order valence-corrected chi connectivity index (χ2v) is 5.95. The fourth-order valence-corrected chi connectivity index (χ4v) is 2.76. The highest BCUT2D eigenvalue weighted by Gasteiger charge is 2.29. The first kappa shape index (κ1) is 14.5. The minimum absolute atomic E-state index is 0.0663. The third-order valence-electron chi connectivity index (χ3n) is 4.15. The maximum absolute atomic E-state index is 5.63. The van der Waals surface area contributed by atoms with Gasteiger partial charge in [-0.3, -0.25) is 4.98 Å². The van der Waals surface area contributed by atoms with Gasteiger partial charge in [-0.25, -0.2) is 9.97 Å². The number of hydrogen-bond donors (Lipinski definition) is 1. The normalized spacial score (nSPS) is 21.1. The summed E-state index contributed by atoms with van der Waals surface area (Å²) in [5, 5.41) is 3.28. The largest absolute Gasteiger partial charge is 0.376 e. The molecule has 2 aromatic heterocycles. The minimum Gasteiger partial charge on any atom is -0.376 e. The van der Waals surface area contributed by atoms with Crippen LogP contribution in [0.15, 0.2) is 30.7 Å². The topological polar surface area (TPSA) is 69.2 Å². The quantitative estimate of drug-likeness (QED) is 0.913. The first-order chi connectivity index (χ1) is 11.4. The van der Waals surface area contributed by atoms with Gasteiger partial charge in [0.2, 0.25) is 5.95 Å². The Balaban J connectivity index is 1.52. The Hall–Kier alpha value is -2.05. The summed E-state index contributed by atoms with van der Waals surface area (Å²) in [6.07, 6.45) is 7.99. The monoisotopic (exact) mass is 312 g/mol. The Bertz CT molecular complexity index is 655. The van der Waals surface area contributed by atoms with Gasteiger partial charge in [0, 0.05) is 36.6 Å². The van der Waals surface area contributed by atoms with Crippen molar-refractivity contribution in [2.75, 3.05) is 31.7 Å². The van der Waals surface area contributed by atoms with Crippen molar-refractivity contribution in [3.8, 4) is 11.1 Å². The molecule has 0 spiro atoms. The maximum Gasteiger partial charge on any atom is 0.222 e. The van der Waals surface area contributed by atoms with Gasteiger partial charge >= 0.3 is 0 Å². The lowest BCUT2D eigenvalue weighted by atomic mass is 10.0. The first-order valence-corrected chi connectivity index (χ1v) is 8.11. The molecule has 1 saturated carbocycles. The van der Waals surface area contributed by atoms with E-state index in [0.717, 1.165) is 16.8 Å². The van der Waals surface area contributed by atoms with E-state index in [-0.39, 0.29) is 6.10 Å². The van der Waals surface area contributed by atoms with Crippen LogP contribution >= 0.6 is 0 Å². The Morgan fingerprint density at radius 2 is 2.04 bits per heavy atom. The molecule has 2 fully saturated rings. The third-order valence-corrected chi connectivity index (χ3v) is 4.15. The molecule has 2 aliphatic rings. The molecule has 1 saturated heterocycles. The second-order valence-electron chi connectivity index (χ2n) is 5.95. The zero-order valence-corrected chi connectivity index (χ0v) is 12.9. The highest BCUT2D eigenvalue weighted by Crippen LogP contribution is 2.43. The average Bonchev–Trinajstić information content (AvgIpc) is 3.46.